The number of anilines is 1. The summed E-state index contributed by atoms with van der Waals surface area (Å²) in [5.74, 6) is 0. The topological polar surface area (TPSA) is 16.1 Å². The quantitative estimate of drug-likeness (QED) is 0.777. The summed E-state index contributed by atoms with van der Waals surface area (Å²) in [5.41, 5.74) is 3.47. The summed E-state index contributed by atoms with van der Waals surface area (Å²) in [7, 11) is 0. The number of benzene rings is 1. The first-order valence-corrected chi connectivity index (χ1v) is 6.12. The van der Waals surface area contributed by atoms with E-state index in [1.165, 1.54) is 31.6 Å². The first-order chi connectivity index (χ1) is 8.43. The predicted octanol–water partition coefficient (Wildman–Crippen LogP) is 3.15. The van der Waals surface area contributed by atoms with E-state index in [9.17, 15) is 0 Å². The van der Waals surface area contributed by atoms with Crippen molar-refractivity contribution in [1.29, 1.82) is 0 Å². The van der Waals surface area contributed by atoms with Crippen LogP contribution in [0.2, 0.25) is 0 Å². The zero-order chi connectivity index (χ0) is 11.5. The first-order valence-electron chi connectivity index (χ1n) is 6.12. The summed E-state index contributed by atoms with van der Waals surface area (Å²) >= 11 is 0. The Kier molecular flexibility index (Phi) is 2.78. The average Bonchev–Trinajstić information content (AvgIpc) is 2.94. The lowest BCUT2D eigenvalue weighted by molar-refractivity contribution is 0.949. The molecule has 1 saturated heterocycles. The molecule has 2 heterocycles. The summed E-state index contributed by atoms with van der Waals surface area (Å²) in [6.07, 6.45) is 5.50. The third-order valence-electron chi connectivity index (χ3n) is 3.24. The zero-order valence-corrected chi connectivity index (χ0v) is 9.76. The largest absolute Gasteiger partial charge is 0.372 e. The Morgan fingerprint density at radius 3 is 2.41 bits per heavy atom. The number of nitrogens with zero attached hydrogens (tertiary/aromatic N) is 2. The van der Waals surface area contributed by atoms with Gasteiger partial charge in [0.1, 0.15) is 0 Å². The second-order valence-electron chi connectivity index (χ2n) is 4.39. The molecular formula is C15H15N2. The van der Waals surface area contributed by atoms with Gasteiger partial charge < -0.3 is 4.90 Å². The fourth-order valence-corrected chi connectivity index (χ4v) is 2.31. The fourth-order valence-electron chi connectivity index (χ4n) is 2.31. The molecule has 3 rings (SSSR count). The molecule has 2 heteroatoms. The van der Waals surface area contributed by atoms with Crippen LogP contribution in [0, 0.1) is 6.20 Å². The molecule has 17 heavy (non-hydrogen) atoms. The second kappa shape index (κ2) is 4.58. The van der Waals surface area contributed by atoms with E-state index in [1.807, 2.05) is 18.2 Å². The minimum atomic E-state index is 0.987. The molecule has 1 radical (unpaired) electrons. The Morgan fingerprint density at radius 2 is 1.76 bits per heavy atom. The second-order valence-corrected chi connectivity index (χ2v) is 4.39. The maximum atomic E-state index is 4.24. The highest BCUT2D eigenvalue weighted by Crippen LogP contribution is 2.23. The average molecular weight is 223 g/mol. The highest BCUT2D eigenvalue weighted by atomic mass is 15.1. The van der Waals surface area contributed by atoms with Gasteiger partial charge in [-0.05, 0) is 37.1 Å². The third kappa shape index (κ3) is 2.16. The molecule has 0 bridgehead atoms. The standard InChI is InChI=1S/C15H15N2/c1-2-10-16-15(5-1)13-6-8-14(9-7-13)17-11-3-4-12-17/h1-2,5-9H,3-4,11-12H2. The Balaban J connectivity index is 1.85. The molecule has 0 unspecified atom stereocenters. The monoisotopic (exact) mass is 223 g/mol. The Labute approximate surface area is 102 Å². The number of hydrogen-bond acceptors (Lipinski definition) is 2. The van der Waals surface area contributed by atoms with Crippen molar-refractivity contribution in [3.63, 3.8) is 0 Å². The van der Waals surface area contributed by atoms with Gasteiger partial charge in [-0.15, -0.1) is 0 Å². The van der Waals surface area contributed by atoms with Crippen LogP contribution < -0.4 is 4.90 Å². The normalized spacial score (nSPS) is 15.2. The number of pyridine rings is 1. The molecule has 0 N–H and O–H groups in total. The van der Waals surface area contributed by atoms with Gasteiger partial charge >= 0.3 is 0 Å². The van der Waals surface area contributed by atoms with Gasteiger partial charge in [0.15, 0.2) is 0 Å². The summed E-state index contributed by atoms with van der Waals surface area (Å²) in [6.45, 7) is 2.38. The van der Waals surface area contributed by atoms with Crippen molar-refractivity contribution in [2.24, 2.45) is 0 Å². The summed E-state index contributed by atoms with van der Waals surface area (Å²) < 4.78 is 0. The summed E-state index contributed by atoms with van der Waals surface area (Å²) in [4.78, 5) is 6.68. The van der Waals surface area contributed by atoms with E-state index < -0.39 is 0 Å². The lowest BCUT2D eigenvalue weighted by Gasteiger charge is -2.17. The molecule has 0 atom stereocenters. The molecule has 0 saturated carbocycles. The molecule has 85 valence electrons. The molecule has 0 spiro atoms. The highest BCUT2D eigenvalue weighted by molar-refractivity contribution is 5.63. The molecule has 0 aliphatic carbocycles. The van der Waals surface area contributed by atoms with Crippen LogP contribution in [0.1, 0.15) is 12.8 Å². The van der Waals surface area contributed by atoms with Gasteiger partial charge in [-0.1, -0.05) is 18.2 Å². The first kappa shape index (κ1) is 10.3. The minimum Gasteiger partial charge on any atom is -0.372 e. The van der Waals surface area contributed by atoms with Crippen LogP contribution in [0.3, 0.4) is 0 Å². The maximum Gasteiger partial charge on any atom is 0.0893 e. The zero-order valence-electron chi connectivity index (χ0n) is 9.76. The molecule has 1 aliphatic heterocycles. The van der Waals surface area contributed by atoms with Crippen molar-refractivity contribution in [3.8, 4) is 11.3 Å². The van der Waals surface area contributed by atoms with Gasteiger partial charge in [-0.2, -0.15) is 0 Å². The molecule has 2 nitrogen and oxygen atoms in total. The van der Waals surface area contributed by atoms with Gasteiger partial charge in [0, 0.05) is 24.3 Å². The number of hydrogen-bond donors (Lipinski definition) is 0. The molecule has 1 aromatic heterocycles. The van der Waals surface area contributed by atoms with E-state index in [4.69, 9.17) is 0 Å². The Morgan fingerprint density at radius 1 is 1.00 bits per heavy atom. The van der Waals surface area contributed by atoms with E-state index in [2.05, 4.69) is 40.3 Å². The van der Waals surface area contributed by atoms with Crippen LogP contribution in [-0.2, 0) is 0 Å². The van der Waals surface area contributed by atoms with Crippen molar-refractivity contribution in [2.45, 2.75) is 12.8 Å². The van der Waals surface area contributed by atoms with E-state index in [1.54, 1.807) is 0 Å². The van der Waals surface area contributed by atoms with Crippen LogP contribution >= 0.6 is 0 Å². The highest BCUT2D eigenvalue weighted by Gasteiger charge is 2.11. The summed E-state index contributed by atoms with van der Waals surface area (Å²) in [5, 5.41) is 0. The Bertz CT molecular complexity index is 470. The van der Waals surface area contributed by atoms with Gasteiger partial charge in [0.25, 0.3) is 0 Å². The lowest BCUT2D eigenvalue weighted by atomic mass is 10.1. The minimum absolute atomic E-state index is 0.987. The van der Waals surface area contributed by atoms with Gasteiger partial charge in [-0.3, -0.25) is 0 Å². The van der Waals surface area contributed by atoms with Gasteiger partial charge in [0.2, 0.25) is 0 Å². The lowest BCUT2D eigenvalue weighted by Crippen LogP contribution is -2.17. The van der Waals surface area contributed by atoms with Gasteiger partial charge in [-0.25, -0.2) is 4.98 Å². The number of aromatic nitrogens is 1. The Hall–Kier alpha value is -1.83. The molecule has 0 amide bonds. The number of rotatable bonds is 2. The molecule has 1 fully saturated rings. The van der Waals surface area contributed by atoms with Crippen LogP contribution in [0.15, 0.2) is 42.5 Å². The molecule has 1 aliphatic rings. The van der Waals surface area contributed by atoms with E-state index in [0.29, 0.717) is 0 Å². The maximum absolute atomic E-state index is 4.24. The van der Waals surface area contributed by atoms with Crippen molar-refractivity contribution in [1.82, 2.24) is 4.98 Å². The van der Waals surface area contributed by atoms with Crippen molar-refractivity contribution >= 4 is 5.69 Å². The fraction of sp³-hybridized carbons (Fsp3) is 0.267. The predicted molar refractivity (Wildman–Crippen MR) is 70.0 cm³/mol. The van der Waals surface area contributed by atoms with E-state index in [0.717, 1.165) is 11.3 Å². The SMILES string of the molecule is [c]1cccc(-c2ccc(N3CCCC3)cc2)n1. The van der Waals surface area contributed by atoms with Crippen LogP contribution in [-0.4, -0.2) is 18.1 Å². The van der Waals surface area contributed by atoms with E-state index >= 15 is 0 Å². The van der Waals surface area contributed by atoms with Gasteiger partial charge in [0.05, 0.1) is 11.9 Å². The molecular weight excluding hydrogens is 208 g/mol. The van der Waals surface area contributed by atoms with Crippen molar-refractivity contribution in [3.05, 3.63) is 48.7 Å². The van der Waals surface area contributed by atoms with Crippen LogP contribution in [0.4, 0.5) is 5.69 Å². The smallest absolute Gasteiger partial charge is 0.0893 e. The van der Waals surface area contributed by atoms with Crippen molar-refractivity contribution < 1.29 is 0 Å². The molecule has 1 aromatic carbocycles. The van der Waals surface area contributed by atoms with Crippen LogP contribution in [0.25, 0.3) is 11.3 Å². The van der Waals surface area contributed by atoms with Crippen molar-refractivity contribution in [2.75, 3.05) is 18.0 Å². The van der Waals surface area contributed by atoms with E-state index in [-0.39, 0.29) is 0 Å². The molecule has 2 aromatic rings. The third-order valence-corrected chi connectivity index (χ3v) is 3.24. The van der Waals surface area contributed by atoms with Crippen LogP contribution in [0.5, 0.6) is 0 Å². The summed E-state index contributed by atoms with van der Waals surface area (Å²) in [6, 6.07) is 14.5.